The highest BCUT2D eigenvalue weighted by Crippen LogP contribution is 2.22. The van der Waals surface area contributed by atoms with Crippen LogP contribution in [-0.2, 0) is 16.3 Å². The molecule has 0 unspecified atom stereocenters. The lowest BCUT2D eigenvalue weighted by Crippen LogP contribution is -2.33. The zero-order valence-corrected chi connectivity index (χ0v) is 14.1. The van der Waals surface area contributed by atoms with Crippen molar-refractivity contribution >= 4 is 21.2 Å². The lowest BCUT2D eigenvalue weighted by Gasteiger charge is -2.22. The van der Waals surface area contributed by atoms with E-state index in [1.807, 2.05) is 24.6 Å². The van der Waals surface area contributed by atoms with Gasteiger partial charge in [-0.2, -0.15) is 4.98 Å². The second-order valence-electron chi connectivity index (χ2n) is 5.63. The summed E-state index contributed by atoms with van der Waals surface area (Å²) in [7, 11) is -0.838. The Morgan fingerprint density at radius 3 is 3.05 bits per heavy atom. The molecule has 0 N–H and O–H groups in total. The second-order valence-corrected chi connectivity index (χ2v) is 8.81. The Morgan fingerprint density at radius 1 is 1.50 bits per heavy atom. The summed E-state index contributed by atoms with van der Waals surface area (Å²) >= 11 is 1.58. The number of hydrogen-bond donors (Lipinski definition) is 0. The second kappa shape index (κ2) is 6.47. The molecule has 0 aromatic carbocycles. The minimum Gasteiger partial charge on any atom is -0.339 e. The van der Waals surface area contributed by atoms with Gasteiger partial charge in [0.15, 0.2) is 9.84 Å². The van der Waals surface area contributed by atoms with E-state index in [-0.39, 0.29) is 11.8 Å². The van der Waals surface area contributed by atoms with E-state index >= 15 is 0 Å². The van der Waals surface area contributed by atoms with E-state index in [0.29, 0.717) is 23.9 Å². The van der Waals surface area contributed by atoms with Gasteiger partial charge in [-0.05, 0) is 37.9 Å². The topological polar surface area (TPSA) is 76.3 Å². The van der Waals surface area contributed by atoms with Gasteiger partial charge in [-0.1, -0.05) is 11.2 Å². The Bertz CT molecular complexity index is 710. The van der Waals surface area contributed by atoms with E-state index in [9.17, 15) is 8.42 Å². The molecule has 22 heavy (non-hydrogen) atoms. The van der Waals surface area contributed by atoms with Crippen molar-refractivity contribution in [3.63, 3.8) is 0 Å². The molecule has 1 saturated heterocycles. The number of nitrogens with zero attached hydrogens (tertiary/aromatic N) is 3. The third-order valence-corrected chi connectivity index (χ3v) is 6.56. The van der Waals surface area contributed by atoms with E-state index in [1.165, 1.54) is 0 Å². The quantitative estimate of drug-likeness (QED) is 0.798. The zero-order valence-electron chi connectivity index (χ0n) is 12.4. The van der Waals surface area contributed by atoms with Crippen LogP contribution in [0.5, 0.6) is 0 Å². The Labute approximate surface area is 134 Å². The van der Waals surface area contributed by atoms with Crippen LogP contribution < -0.4 is 0 Å². The lowest BCUT2D eigenvalue weighted by molar-refractivity contribution is 0.254. The van der Waals surface area contributed by atoms with Gasteiger partial charge in [0.25, 0.3) is 0 Å². The van der Waals surface area contributed by atoms with Gasteiger partial charge >= 0.3 is 0 Å². The number of hydrogen-bond acceptors (Lipinski definition) is 7. The van der Waals surface area contributed by atoms with Crippen LogP contribution in [0.2, 0.25) is 0 Å². The lowest BCUT2D eigenvalue weighted by atomic mass is 10.2. The minimum atomic E-state index is -2.82. The van der Waals surface area contributed by atoms with Gasteiger partial charge in [0, 0.05) is 12.5 Å². The molecule has 8 heteroatoms. The normalized spacial score (nSPS) is 20.7. The molecule has 1 aliphatic rings. The monoisotopic (exact) mass is 341 g/mol. The number of sulfone groups is 1. The van der Waals surface area contributed by atoms with Gasteiger partial charge in [0.1, 0.15) is 0 Å². The van der Waals surface area contributed by atoms with Crippen molar-refractivity contribution in [2.75, 3.05) is 25.1 Å². The Morgan fingerprint density at radius 2 is 2.36 bits per heavy atom. The van der Waals surface area contributed by atoms with Crippen molar-refractivity contribution in [3.05, 3.63) is 23.4 Å². The predicted octanol–water partition coefficient (Wildman–Crippen LogP) is 1.85. The first-order valence-corrected chi connectivity index (χ1v) is 10.0. The maximum atomic E-state index is 11.5. The van der Waals surface area contributed by atoms with Gasteiger partial charge in [0.2, 0.25) is 11.7 Å². The molecule has 1 aliphatic heterocycles. The molecule has 6 nitrogen and oxygen atoms in total. The molecular weight excluding hydrogens is 322 g/mol. The summed E-state index contributed by atoms with van der Waals surface area (Å²) < 4.78 is 28.3. The summed E-state index contributed by atoms with van der Waals surface area (Å²) in [6.45, 7) is 0.830. The van der Waals surface area contributed by atoms with E-state index < -0.39 is 9.84 Å². The summed E-state index contributed by atoms with van der Waals surface area (Å²) in [4.78, 5) is 7.52. The van der Waals surface area contributed by atoms with Gasteiger partial charge in [-0.3, -0.25) is 0 Å². The first kappa shape index (κ1) is 15.6. The molecule has 1 atom stereocenters. The summed E-state index contributed by atoms with van der Waals surface area (Å²) in [5.74, 6) is 1.87. The Balaban J connectivity index is 1.47. The first-order valence-electron chi connectivity index (χ1n) is 7.31. The Kier molecular flexibility index (Phi) is 4.60. The molecule has 0 aliphatic carbocycles. The highest BCUT2D eigenvalue weighted by molar-refractivity contribution is 7.91. The maximum Gasteiger partial charge on any atom is 0.227 e. The number of thiophene rings is 1. The van der Waals surface area contributed by atoms with Crippen molar-refractivity contribution in [2.45, 2.75) is 25.3 Å². The first-order chi connectivity index (χ1) is 10.5. The molecule has 0 bridgehead atoms. The molecular formula is C14H19N3O3S2. The summed E-state index contributed by atoms with van der Waals surface area (Å²) in [5.41, 5.74) is 0. The van der Waals surface area contributed by atoms with Crippen LogP contribution in [0.3, 0.4) is 0 Å². The number of aryl methyl sites for hydroxylation is 1. The van der Waals surface area contributed by atoms with Crippen molar-refractivity contribution in [3.8, 4) is 10.7 Å². The van der Waals surface area contributed by atoms with Gasteiger partial charge < -0.3 is 9.42 Å². The minimum absolute atomic E-state index is 0.148. The zero-order chi connectivity index (χ0) is 15.6. The van der Waals surface area contributed by atoms with Gasteiger partial charge in [-0.15, -0.1) is 11.3 Å². The molecule has 3 rings (SSSR count). The predicted molar refractivity (Wildman–Crippen MR) is 85.6 cm³/mol. The average molecular weight is 341 g/mol. The smallest absolute Gasteiger partial charge is 0.227 e. The van der Waals surface area contributed by atoms with Crippen LogP contribution in [0.4, 0.5) is 0 Å². The van der Waals surface area contributed by atoms with Crippen LogP contribution in [0.15, 0.2) is 22.0 Å². The Hall–Kier alpha value is -1.25. The van der Waals surface area contributed by atoms with Crippen LogP contribution in [-0.4, -0.2) is 54.6 Å². The maximum absolute atomic E-state index is 11.5. The molecule has 1 fully saturated rings. The van der Waals surface area contributed by atoms with E-state index in [2.05, 4.69) is 15.0 Å². The van der Waals surface area contributed by atoms with Crippen molar-refractivity contribution in [1.82, 2.24) is 15.0 Å². The molecule has 2 aromatic rings. The average Bonchev–Trinajstić information content (AvgIpc) is 3.17. The summed E-state index contributed by atoms with van der Waals surface area (Å²) in [5, 5.41) is 5.97. The third kappa shape index (κ3) is 3.74. The summed E-state index contributed by atoms with van der Waals surface area (Å²) in [6.07, 6.45) is 2.32. The van der Waals surface area contributed by atoms with Crippen LogP contribution >= 0.6 is 11.3 Å². The molecule has 0 spiro atoms. The van der Waals surface area contributed by atoms with Gasteiger partial charge in [0.05, 0.1) is 16.4 Å². The standard InChI is InChI=1S/C14H19N3O3S2/c1-17(11-6-9-22(18,19)10-11)7-2-5-13-15-14(16-20-13)12-4-3-8-21-12/h3-4,8,11H,2,5-7,9-10H2,1H3/t11-/m1/s1. The molecule has 120 valence electrons. The third-order valence-electron chi connectivity index (χ3n) is 3.94. The summed E-state index contributed by atoms with van der Waals surface area (Å²) in [6, 6.07) is 4.07. The highest BCUT2D eigenvalue weighted by atomic mass is 32.2. The molecule has 3 heterocycles. The highest BCUT2D eigenvalue weighted by Gasteiger charge is 2.30. The van der Waals surface area contributed by atoms with Crippen molar-refractivity contribution < 1.29 is 12.9 Å². The fourth-order valence-corrected chi connectivity index (χ4v) is 5.10. The van der Waals surface area contributed by atoms with Crippen LogP contribution in [0.1, 0.15) is 18.7 Å². The van der Waals surface area contributed by atoms with Crippen LogP contribution in [0, 0.1) is 0 Å². The molecule has 0 radical (unpaired) electrons. The SMILES string of the molecule is CN(CCCc1nc(-c2cccs2)no1)[C@@H]1CCS(=O)(=O)C1. The fraction of sp³-hybridized carbons (Fsp3) is 0.571. The number of aromatic nitrogens is 2. The van der Waals surface area contributed by atoms with E-state index in [0.717, 1.165) is 24.3 Å². The molecule has 0 amide bonds. The fourth-order valence-electron chi connectivity index (χ4n) is 2.65. The van der Waals surface area contributed by atoms with E-state index in [4.69, 9.17) is 4.52 Å². The number of rotatable bonds is 6. The molecule has 0 saturated carbocycles. The van der Waals surface area contributed by atoms with Crippen molar-refractivity contribution in [1.29, 1.82) is 0 Å². The largest absolute Gasteiger partial charge is 0.339 e. The van der Waals surface area contributed by atoms with E-state index in [1.54, 1.807) is 11.3 Å². The van der Waals surface area contributed by atoms with Crippen LogP contribution in [0.25, 0.3) is 10.7 Å². The molecule has 2 aromatic heterocycles. The van der Waals surface area contributed by atoms with Crippen molar-refractivity contribution in [2.24, 2.45) is 0 Å². The van der Waals surface area contributed by atoms with Gasteiger partial charge in [-0.25, -0.2) is 8.42 Å².